The second-order valence-electron chi connectivity index (χ2n) is 17.7. The lowest BCUT2D eigenvalue weighted by Gasteiger charge is -2.26. The van der Waals surface area contributed by atoms with Crippen LogP contribution in [0.2, 0.25) is 0 Å². The molecule has 3 nitrogen and oxygen atoms in total. The molecule has 0 aliphatic heterocycles. The van der Waals surface area contributed by atoms with Gasteiger partial charge < -0.3 is 13.9 Å². The lowest BCUT2D eigenvalue weighted by molar-refractivity contribution is 0.670. The maximum atomic E-state index is 6.47. The van der Waals surface area contributed by atoms with Gasteiger partial charge in [-0.2, -0.15) is 0 Å². The van der Waals surface area contributed by atoms with Gasteiger partial charge in [-0.25, -0.2) is 0 Å². The summed E-state index contributed by atoms with van der Waals surface area (Å²) in [4.78, 5) is 2.36. The molecule has 0 atom stereocenters. The van der Waals surface area contributed by atoms with E-state index in [1.165, 1.54) is 44.1 Å². The van der Waals surface area contributed by atoms with Gasteiger partial charge in [0.2, 0.25) is 0 Å². The van der Waals surface area contributed by atoms with Crippen molar-refractivity contribution in [2.24, 2.45) is 0 Å². The van der Waals surface area contributed by atoms with Crippen LogP contribution in [0.4, 0.5) is 17.1 Å². The molecule has 0 N–H and O–H groups in total. The van der Waals surface area contributed by atoms with Gasteiger partial charge in [-0.05, 0) is 117 Å². The monoisotopic (exact) mass is 880 g/mol. The normalized spacial score (nSPS) is 11.5. The van der Waals surface area contributed by atoms with Crippen LogP contribution >= 0.6 is 0 Å². The first-order valence-electron chi connectivity index (χ1n) is 23.6. The molecule has 0 bridgehead atoms. The molecule has 324 valence electrons. The summed E-state index contributed by atoms with van der Waals surface area (Å²) in [6.45, 7) is 0. The minimum atomic E-state index is 0.899. The summed E-state index contributed by atoms with van der Waals surface area (Å²) in [6.07, 6.45) is 0. The Morgan fingerprint density at radius 3 is 1.45 bits per heavy atom. The molecule has 0 aliphatic rings. The Kier molecular flexibility index (Phi) is 9.84. The highest BCUT2D eigenvalue weighted by Gasteiger charge is 2.19. The molecular formula is C66H44N2O. The van der Waals surface area contributed by atoms with Gasteiger partial charge in [0, 0.05) is 49.7 Å². The standard InChI is InChI=1S/C66H44N2O/c1-2-16-45(17-3-1)48-18-12-19-49(42-48)46-34-38-53(39-35-46)67(54-40-36-47(37-41-54)57-28-15-29-61-60-27-7-11-33-65(60)69-66(57)61)55-23-14-21-51(44-55)50-20-13-22-52(43-50)56-24-4-8-30-62(56)68-63-31-9-5-25-58(63)59-26-6-10-32-64(59)68/h1-44H. The SMILES string of the molecule is c1ccc(-c2cccc(-c3ccc(N(c4ccc(-c5cccc6c5oc5ccccc56)cc4)c4cccc(-c5cccc(-c6ccccc6-n6c7ccccc7c7ccccc76)c5)c4)cc3)c2)cc1. The zero-order valence-corrected chi connectivity index (χ0v) is 37.7. The highest BCUT2D eigenvalue weighted by molar-refractivity contribution is 6.11. The zero-order chi connectivity index (χ0) is 45.7. The predicted molar refractivity (Wildman–Crippen MR) is 290 cm³/mol. The predicted octanol–water partition coefficient (Wildman–Crippen LogP) is 18.5. The molecule has 0 spiro atoms. The average molecular weight is 881 g/mol. The van der Waals surface area contributed by atoms with Gasteiger partial charge in [0.25, 0.3) is 0 Å². The summed E-state index contributed by atoms with van der Waals surface area (Å²) < 4.78 is 8.89. The Morgan fingerprint density at radius 2 is 0.739 bits per heavy atom. The molecule has 0 unspecified atom stereocenters. The first kappa shape index (κ1) is 40.1. The Labute approximate surface area is 401 Å². The molecule has 69 heavy (non-hydrogen) atoms. The Bertz CT molecular complexity index is 3960. The highest BCUT2D eigenvalue weighted by atomic mass is 16.3. The van der Waals surface area contributed by atoms with E-state index in [-0.39, 0.29) is 0 Å². The van der Waals surface area contributed by atoms with Crippen LogP contribution in [0, 0.1) is 0 Å². The van der Waals surface area contributed by atoms with Gasteiger partial charge in [0.05, 0.1) is 16.7 Å². The van der Waals surface area contributed by atoms with Crippen LogP contribution in [0.1, 0.15) is 0 Å². The van der Waals surface area contributed by atoms with E-state index in [0.29, 0.717) is 0 Å². The third kappa shape index (κ3) is 7.16. The largest absolute Gasteiger partial charge is 0.455 e. The summed E-state index contributed by atoms with van der Waals surface area (Å²) in [5, 5.41) is 4.76. The minimum Gasteiger partial charge on any atom is -0.455 e. The van der Waals surface area contributed by atoms with E-state index in [1.54, 1.807) is 0 Å². The fourth-order valence-electron chi connectivity index (χ4n) is 10.3. The Balaban J connectivity index is 0.898. The van der Waals surface area contributed by atoms with Crippen molar-refractivity contribution < 1.29 is 4.42 Å². The lowest BCUT2D eigenvalue weighted by Crippen LogP contribution is -2.10. The fourth-order valence-corrected chi connectivity index (χ4v) is 10.3. The molecule has 13 rings (SSSR count). The van der Waals surface area contributed by atoms with Gasteiger partial charge in [-0.15, -0.1) is 0 Å². The topological polar surface area (TPSA) is 21.3 Å². The summed E-state index contributed by atoms with van der Waals surface area (Å²) in [5.41, 5.74) is 20.1. The van der Waals surface area contributed by atoms with Gasteiger partial charge in [-0.1, -0.05) is 194 Å². The summed E-state index contributed by atoms with van der Waals surface area (Å²) in [7, 11) is 0. The van der Waals surface area contributed by atoms with Gasteiger partial charge >= 0.3 is 0 Å². The third-order valence-electron chi connectivity index (χ3n) is 13.6. The molecule has 2 aromatic heterocycles. The van der Waals surface area contributed by atoms with E-state index in [1.807, 2.05) is 12.1 Å². The van der Waals surface area contributed by atoms with E-state index < -0.39 is 0 Å². The number of anilines is 3. The van der Waals surface area contributed by atoms with Crippen molar-refractivity contribution in [3.05, 3.63) is 267 Å². The quantitative estimate of drug-likeness (QED) is 0.144. The molecule has 2 heterocycles. The van der Waals surface area contributed by atoms with Crippen LogP contribution in [0.3, 0.4) is 0 Å². The summed E-state index contributed by atoms with van der Waals surface area (Å²) >= 11 is 0. The van der Waals surface area contributed by atoms with Crippen molar-refractivity contribution in [3.63, 3.8) is 0 Å². The number of benzene rings is 11. The van der Waals surface area contributed by atoms with Crippen LogP contribution in [0.5, 0.6) is 0 Å². The number of aromatic nitrogens is 1. The zero-order valence-electron chi connectivity index (χ0n) is 37.7. The second kappa shape index (κ2) is 16.9. The van der Waals surface area contributed by atoms with Gasteiger partial charge in [0.15, 0.2) is 0 Å². The maximum Gasteiger partial charge on any atom is 0.143 e. The molecule has 13 aromatic rings. The molecule has 11 aromatic carbocycles. The summed E-state index contributed by atoms with van der Waals surface area (Å²) in [5.74, 6) is 0. The highest BCUT2D eigenvalue weighted by Crippen LogP contribution is 2.42. The van der Waals surface area contributed by atoms with E-state index in [9.17, 15) is 0 Å². The molecule has 0 saturated carbocycles. The van der Waals surface area contributed by atoms with Crippen molar-refractivity contribution in [1.82, 2.24) is 4.57 Å². The average Bonchev–Trinajstić information content (AvgIpc) is 3.98. The molecule has 0 radical (unpaired) electrons. The molecule has 0 saturated heterocycles. The van der Waals surface area contributed by atoms with E-state index in [2.05, 4.69) is 264 Å². The number of nitrogens with zero attached hydrogens (tertiary/aromatic N) is 2. The third-order valence-corrected chi connectivity index (χ3v) is 13.6. The number of fused-ring (bicyclic) bond motifs is 6. The lowest BCUT2D eigenvalue weighted by atomic mass is 9.97. The van der Waals surface area contributed by atoms with Gasteiger partial charge in [-0.3, -0.25) is 0 Å². The van der Waals surface area contributed by atoms with Crippen LogP contribution in [0.15, 0.2) is 271 Å². The number of furan rings is 1. The fraction of sp³-hybridized carbons (Fsp3) is 0. The van der Waals surface area contributed by atoms with E-state index in [4.69, 9.17) is 4.42 Å². The van der Waals surface area contributed by atoms with Crippen LogP contribution in [0.25, 0.3) is 105 Å². The van der Waals surface area contributed by atoms with E-state index >= 15 is 0 Å². The molecule has 0 aliphatic carbocycles. The second-order valence-corrected chi connectivity index (χ2v) is 17.7. The van der Waals surface area contributed by atoms with Crippen molar-refractivity contribution >= 4 is 60.8 Å². The van der Waals surface area contributed by atoms with Crippen LogP contribution in [-0.4, -0.2) is 4.57 Å². The minimum absolute atomic E-state index is 0.899. The van der Waals surface area contributed by atoms with Crippen molar-refractivity contribution in [2.45, 2.75) is 0 Å². The van der Waals surface area contributed by atoms with Crippen molar-refractivity contribution in [3.8, 4) is 61.3 Å². The van der Waals surface area contributed by atoms with Crippen molar-refractivity contribution in [1.29, 1.82) is 0 Å². The van der Waals surface area contributed by atoms with Gasteiger partial charge in [0.1, 0.15) is 11.2 Å². The van der Waals surface area contributed by atoms with Crippen LogP contribution < -0.4 is 4.90 Å². The summed E-state index contributed by atoms with van der Waals surface area (Å²) in [6, 6.07) is 96.1. The first-order valence-corrected chi connectivity index (χ1v) is 23.6. The molecular weight excluding hydrogens is 837 g/mol. The van der Waals surface area contributed by atoms with Crippen LogP contribution in [-0.2, 0) is 0 Å². The Hall–Kier alpha value is -9.18. The number of hydrogen-bond acceptors (Lipinski definition) is 2. The Morgan fingerprint density at radius 1 is 0.275 bits per heavy atom. The number of para-hydroxylation sites is 5. The molecule has 0 fully saturated rings. The number of rotatable bonds is 9. The smallest absolute Gasteiger partial charge is 0.143 e. The first-order chi connectivity index (χ1) is 34.2. The number of hydrogen-bond donors (Lipinski definition) is 0. The van der Waals surface area contributed by atoms with E-state index in [0.717, 1.165) is 78.1 Å². The molecule has 3 heteroatoms. The molecule has 0 amide bonds. The van der Waals surface area contributed by atoms with Crippen molar-refractivity contribution in [2.75, 3.05) is 4.90 Å². The maximum absolute atomic E-state index is 6.47.